The van der Waals surface area contributed by atoms with Gasteiger partial charge in [0.05, 0.1) is 10.8 Å². The number of H-pyrrole nitrogens is 1. The molecule has 0 saturated carbocycles. The van der Waals surface area contributed by atoms with E-state index in [0.29, 0.717) is 28.1 Å². The molecule has 0 aliphatic heterocycles. The molecule has 0 saturated heterocycles. The Kier molecular flexibility index (Phi) is 5.80. The van der Waals surface area contributed by atoms with Crippen molar-refractivity contribution in [1.29, 1.82) is 0 Å². The first-order valence-corrected chi connectivity index (χ1v) is 9.28. The van der Waals surface area contributed by atoms with Crippen molar-refractivity contribution in [3.8, 4) is 0 Å². The SMILES string of the molecule is O=C(Cn1[nH]c(=O)c2ccccc2c1=O)NCCSc1ccc(Cl)cc1. The Hall–Kier alpha value is -2.51. The minimum absolute atomic E-state index is 0.232. The summed E-state index contributed by atoms with van der Waals surface area (Å²) in [5.41, 5.74) is -0.794. The van der Waals surface area contributed by atoms with Crippen LogP contribution >= 0.6 is 23.4 Å². The van der Waals surface area contributed by atoms with E-state index in [4.69, 9.17) is 11.6 Å². The maximum atomic E-state index is 12.4. The number of nitrogens with zero attached hydrogens (tertiary/aromatic N) is 1. The van der Waals surface area contributed by atoms with Crippen LogP contribution in [0.25, 0.3) is 10.8 Å². The van der Waals surface area contributed by atoms with E-state index in [1.165, 1.54) is 0 Å². The minimum atomic E-state index is -0.397. The quantitative estimate of drug-likeness (QED) is 0.500. The van der Waals surface area contributed by atoms with E-state index in [1.54, 1.807) is 36.0 Å². The van der Waals surface area contributed by atoms with Gasteiger partial charge in [-0.3, -0.25) is 19.5 Å². The van der Waals surface area contributed by atoms with Gasteiger partial charge in [0.15, 0.2) is 0 Å². The average Bonchev–Trinajstić information content (AvgIpc) is 2.64. The van der Waals surface area contributed by atoms with E-state index in [0.717, 1.165) is 9.58 Å². The summed E-state index contributed by atoms with van der Waals surface area (Å²) in [5, 5.41) is 6.47. The van der Waals surface area contributed by atoms with Crippen molar-refractivity contribution in [2.45, 2.75) is 11.4 Å². The monoisotopic (exact) mass is 389 g/mol. The fourth-order valence-electron chi connectivity index (χ4n) is 2.45. The van der Waals surface area contributed by atoms with E-state index in [1.807, 2.05) is 24.3 Å². The maximum absolute atomic E-state index is 12.4. The molecule has 8 heteroatoms. The van der Waals surface area contributed by atoms with Gasteiger partial charge in [-0.1, -0.05) is 23.7 Å². The van der Waals surface area contributed by atoms with Crippen molar-refractivity contribution in [1.82, 2.24) is 15.1 Å². The van der Waals surface area contributed by atoms with Crippen molar-refractivity contribution in [2.24, 2.45) is 0 Å². The molecule has 134 valence electrons. The van der Waals surface area contributed by atoms with Crippen LogP contribution in [0.5, 0.6) is 0 Å². The highest BCUT2D eigenvalue weighted by atomic mass is 35.5. The molecule has 0 bridgehead atoms. The lowest BCUT2D eigenvalue weighted by atomic mass is 10.2. The molecule has 0 unspecified atom stereocenters. The van der Waals surface area contributed by atoms with Crippen LogP contribution in [0.4, 0.5) is 0 Å². The van der Waals surface area contributed by atoms with Gasteiger partial charge >= 0.3 is 0 Å². The van der Waals surface area contributed by atoms with Gasteiger partial charge in [0.1, 0.15) is 6.54 Å². The predicted octanol–water partition coefficient (Wildman–Crippen LogP) is 2.25. The topological polar surface area (TPSA) is 84.0 Å². The Morgan fingerprint density at radius 3 is 2.50 bits per heavy atom. The molecule has 0 aliphatic carbocycles. The maximum Gasteiger partial charge on any atom is 0.273 e. The fourth-order valence-corrected chi connectivity index (χ4v) is 3.34. The number of aromatic nitrogens is 2. The van der Waals surface area contributed by atoms with E-state index < -0.39 is 11.1 Å². The molecule has 0 radical (unpaired) electrons. The normalized spacial score (nSPS) is 10.8. The summed E-state index contributed by atoms with van der Waals surface area (Å²) in [6.07, 6.45) is 0. The summed E-state index contributed by atoms with van der Waals surface area (Å²) in [6, 6.07) is 14.0. The number of carbonyl (C=O) groups excluding carboxylic acids is 1. The van der Waals surface area contributed by atoms with Gasteiger partial charge in [0, 0.05) is 22.2 Å². The van der Waals surface area contributed by atoms with Crippen molar-refractivity contribution in [3.05, 3.63) is 74.3 Å². The van der Waals surface area contributed by atoms with Gasteiger partial charge in [-0.05, 0) is 36.4 Å². The first kappa shape index (κ1) is 18.3. The standard InChI is InChI=1S/C18H16ClN3O3S/c19-12-5-7-13(8-6-12)26-10-9-20-16(23)11-22-18(25)15-4-2-1-3-14(15)17(24)21-22/h1-8H,9-11H2,(H,20,23)(H,21,24). The van der Waals surface area contributed by atoms with Crippen molar-refractivity contribution in [3.63, 3.8) is 0 Å². The Morgan fingerprint density at radius 1 is 1.08 bits per heavy atom. The summed E-state index contributed by atoms with van der Waals surface area (Å²) in [6.45, 7) is 0.212. The molecule has 0 aliphatic rings. The molecule has 1 amide bonds. The van der Waals surface area contributed by atoms with Gasteiger partial charge < -0.3 is 5.32 Å². The van der Waals surface area contributed by atoms with E-state index in [9.17, 15) is 14.4 Å². The Labute approximate surface area is 158 Å². The lowest BCUT2D eigenvalue weighted by Gasteiger charge is -2.08. The molecular weight excluding hydrogens is 374 g/mol. The van der Waals surface area contributed by atoms with Crippen molar-refractivity contribution in [2.75, 3.05) is 12.3 Å². The molecule has 0 atom stereocenters. The second-order valence-corrected chi connectivity index (χ2v) is 7.13. The molecule has 0 spiro atoms. The van der Waals surface area contributed by atoms with Crippen LogP contribution in [-0.4, -0.2) is 28.0 Å². The zero-order chi connectivity index (χ0) is 18.5. The van der Waals surface area contributed by atoms with Crippen LogP contribution in [-0.2, 0) is 11.3 Å². The van der Waals surface area contributed by atoms with E-state index >= 15 is 0 Å². The van der Waals surface area contributed by atoms with Gasteiger partial charge in [-0.15, -0.1) is 11.8 Å². The average molecular weight is 390 g/mol. The van der Waals surface area contributed by atoms with Gasteiger partial charge in [0.2, 0.25) is 5.91 Å². The summed E-state index contributed by atoms with van der Waals surface area (Å²) in [5.74, 6) is 0.339. The fraction of sp³-hybridized carbons (Fsp3) is 0.167. The number of thioether (sulfide) groups is 1. The first-order valence-electron chi connectivity index (χ1n) is 7.91. The number of aromatic amines is 1. The lowest BCUT2D eigenvalue weighted by molar-refractivity contribution is -0.121. The van der Waals surface area contributed by atoms with Crippen molar-refractivity contribution < 1.29 is 4.79 Å². The van der Waals surface area contributed by atoms with Gasteiger partial charge in [-0.25, -0.2) is 4.68 Å². The molecular formula is C18H16ClN3O3S. The number of fused-ring (bicyclic) bond motifs is 1. The van der Waals surface area contributed by atoms with Gasteiger partial charge in [-0.2, -0.15) is 0 Å². The summed E-state index contributed by atoms with van der Waals surface area (Å²) < 4.78 is 1.03. The minimum Gasteiger partial charge on any atom is -0.354 e. The number of hydrogen-bond acceptors (Lipinski definition) is 4. The van der Waals surface area contributed by atoms with Crippen LogP contribution in [0.3, 0.4) is 0 Å². The number of rotatable bonds is 6. The summed E-state index contributed by atoms with van der Waals surface area (Å²) >= 11 is 7.42. The molecule has 6 nitrogen and oxygen atoms in total. The van der Waals surface area contributed by atoms with Crippen LogP contribution in [0.1, 0.15) is 0 Å². The number of carbonyl (C=O) groups is 1. The van der Waals surface area contributed by atoms with E-state index in [-0.39, 0.29) is 12.5 Å². The molecule has 0 fully saturated rings. The molecule has 1 heterocycles. The predicted molar refractivity (Wildman–Crippen MR) is 104 cm³/mol. The second kappa shape index (κ2) is 8.25. The largest absolute Gasteiger partial charge is 0.354 e. The highest BCUT2D eigenvalue weighted by molar-refractivity contribution is 7.99. The second-order valence-electron chi connectivity index (χ2n) is 5.53. The first-order chi connectivity index (χ1) is 12.5. The molecule has 3 rings (SSSR count). The van der Waals surface area contributed by atoms with Gasteiger partial charge in [0.25, 0.3) is 11.1 Å². The molecule has 3 aromatic rings. The third kappa shape index (κ3) is 4.36. The number of benzene rings is 2. The lowest BCUT2D eigenvalue weighted by Crippen LogP contribution is -2.37. The van der Waals surface area contributed by atoms with Crippen LogP contribution in [0.2, 0.25) is 5.02 Å². The van der Waals surface area contributed by atoms with Crippen LogP contribution in [0.15, 0.2) is 63.0 Å². The zero-order valence-corrected chi connectivity index (χ0v) is 15.3. The summed E-state index contributed by atoms with van der Waals surface area (Å²) in [4.78, 5) is 37.5. The summed E-state index contributed by atoms with van der Waals surface area (Å²) in [7, 11) is 0. The zero-order valence-electron chi connectivity index (χ0n) is 13.7. The van der Waals surface area contributed by atoms with E-state index in [2.05, 4.69) is 10.4 Å². The van der Waals surface area contributed by atoms with Crippen LogP contribution < -0.4 is 16.4 Å². The Balaban J connectivity index is 1.57. The number of hydrogen-bond donors (Lipinski definition) is 2. The highest BCUT2D eigenvalue weighted by Crippen LogP contribution is 2.19. The third-order valence-electron chi connectivity index (χ3n) is 3.69. The third-order valence-corrected chi connectivity index (χ3v) is 4.96. The highest BCUT2D eigenvalue weighted by Gasteiger charge is 2.09. The number of halogens is 1. The molecule has 1 aromatic heterocycles. The van der Waals surface area contributed by atoms with Crippen molar-refractivity contribution >= 4 is 40.0 Å². The molecule has 2 N–H and O–H groups in total. The molecule has 26 heavy (non-hydrogen) atoms. The Bertz CT molecular complexity index is 1040. The molecule has 2 aromatic carbocycles. The number of nitrogens with one attached hydrogen (secondary N) is 2. The smallest absolute Gasteiger partial charge is 0.273 e. The van der Waals surface area contributed by atoms with Crippen LogP contribution in [0, 0.1) is 0 Å². The Morgan fingerprint density at radius 2 is 1.77 bits per heavy atom. The number of amides is 1.